The highest BCUT2D eigenvalue weighted by Gasteiger charge is 2.20. The molecule has 0 unspecified atom stereocenters. The van der Waals surface area contributed by atoms with Crippen molar-refractivity contribution in [3.05, 3.63) is 64.8 Å². The molecule has 1 aliphatic rings. The average Bonchev–Trinajstić information content (AvgIpc) is 3.14. The molecule has 0 saturated heterocycles. The lowest BCUT2D eigenvalue weighted by atomic mass is 9.95. The molecule has 1 N–H and O–H groups in total. The minimum Gasteiger partial charge on any atom is -0.380 e. The van der Waals surface area contributed by atoms with Crippen molar-refractivity contribution in [2.45, 2.75) is 44.7 Å². The highest BCUT2D eigenvalue weighted by Crippen LogP contribution is 2.35. The summed E-state index contributed by atoms with van der Waals surface area (Å²) in [7, 11) is 0. The molecule has 1 aliphatic carbocycles. The van der Waals surface area contributed by atoms with Gasteiger partial charge in [-0.15, -0.1) is 11.3 Å². The Balaban J connectivity index is 1.57. The lowest BCUT2D eigenvalue weighted by molar-refractivity contribution is 0.345. The number of pyridine rings is 1. The van der Waals surface area contributed by atoms with Gasteiger partial charge in [-0.1, -0.05) is 49.6 Å². The number of fused-ring (bicyclic) bond motifs is 3. The molecule has 0 spiro atoms. The third-order valence-corrected chi connectivity index (χ3v) is 6.68. The smallest absolute Gasteiger partial charge is 0.271 e. The van der Waals surface area contributed by atoms with Crippen LogP contribution in [0.1, 0.15) is 43.7 Å². The number of hydrogen-bond acceptors (Lipinski definition) is 5. The first-order valence-electron chi connectivity index (χ1n) is 9.87. The van der Waals surface area contributed by atoms with Crippen molar-refractivity contribution in [1.29, 1.82) is 0 Å². The molecule has 1 aromatic carbocycles. The number of nitrogens with one attached hydrogen (secondary N) is 1. The molecule has 0 bridgehead atoms. The van der Waals surface area contributed by atoms with Crippen molar-refractivity contribution < 1.29 is 0 Å². The lowest BCUT2D eigenvalue weighted by Gasteiger charge is -2.23. The van der Waals surface area contributed by atoms with Crippen LogP contribution in [0.15, 0.2) is 53.7 Å². The zero-order chi connectivity index (χ0) is 18.9. The second-order valence-electron chi connectivity index (χ2n) is 7.41. The number of nitrogens with zero attached hydrogens (tertiary/aromatic N) is 3. The van der Waals surface area contributed by atoms with Crippen LogP contribution in [0.25, 0.3) is 20.4 Å². The van der Waals surface area contributed by atoms with E-state index in [4.69, 9.17) is 4.98 Å². The minimum atomic E-state index is 0.0777. The lowest BCUT2D eigenvalue weighted by Crippen LogP contribution is -2.26. The van der Waals surface area contributed by atoms with Crippen LogP contribution in [0, 0.1) is 0 Å². The molecule has 0 radical (unpaired) electrons. The second kappa shape index (κ2) is 7.36. The van der Waals surface area contributed by atoms with Crippen LogP contribution in [-0.2, 0) is 6.54 Å². The zero-order valence-electron chi connectivity index (χ0n) is 15.6. The average molecular weight is 391 g/mol. The van der Waals surface area contributed by atoms with Gasteiger partial charge in [0.15, 0.2) is 0 Å². The Bertz CT molecular complexity index is 1180. The molecule has 1 fully saturated rings. The Labute approximate surface area is 167 Å². The van der Waals surface area contributed by atoms with E-state index in [1.54, 1.807) is 12.5 Å². The van der Waals surface area contributed by atoms with Gasteiger partial charge in [0.05, 0.1) is 17.2 Å². The molecule has 3 heterocycles. The van der Waals surface area contributed by atoms with Crippen LogP contribution in [0.4, 0.5) is 5.69 Å². The summed E-state index contributed by atoms with van der Waals surface area (Å²) in [5.74, 6) is 0. The first kappa shape index (κ1) is 17.4. The monoisotopic (exact) mass is 390 g/mol. The molecule has 3 aromatic heterocycles. The van der Waals surface area contributed by atoms with Crippen LogP contribution >= 0.6 is 11.3 Å². The molecule has 6 heteroatoms. The molecular weight excluding hydrogens is 368 g/mol. The number of benzene rings is 1. The second-order valence-corrected chi connectivity index (χ2v) is 8.41. The third-order valence-electron chi connectivity index (χ3n) is 5.60. The Morgan fingerprint density at radius 3 is 2.71 bits per heavy atom. The van der Waals surface area contributed by atoms with E-state index >= 15 is 0 Å². The van der Waals surface area contributed by atoms with Crippen LogP contribution in [0.2, 0.25) is 0 Å². The maximum absolute atomic E-state index is 13.2. The number of thiophene rings is 1. The summed E-state index contributed by atoms with van der Waals surface area (Å²) >= 11 is 1.46. The molecule has 0 atom stereocenters. The summed E-state index contributed by atoms with van der Waals surface area (Å²) in [6.07, 6.45) is 9.34. The molecule has 5 nitrogen and oxygen atoms in total. The van der Waals surface area contributed by atoms with Crippen molar-refractivity contribution in [3.63, 3.8) is 0 Å². The predicted molar refractivity (Wildman–Crippen MR) is 115 cm³/mol. The summed E-state index contributed by atoms with van der Waals surface area (Å²) in [6, 6.07) is 12.5. The third kappa shape index (κ3) is 3.07. The quantitative estimate of drug-likeness (QED) is 0.525. The molecular formula is C22H22N4OS. The van der Waals surface area contributed by atoms with Crippen molar-refractivity contribution in [3.8, 4) is 0 Å². The normalized spacial score (nSPS) is 15.3. The van der Waals surface area contributed by atoms with E-state index in [0.717, 1.165) is 40.8 Å². The van der Waals surface area contributed by atoms with E-state index in [0.29, 0.717) is 4.70 Å². The number of hydrogen-bond donors (Lipinski definition) is 1. The summed E-state index contributed by atoms with van der Waals surface area (Å²) in [5, 5.41) is 4.45. The summed E-state index contributed by atoms with van der Waals surface area (Å²) in [6.45, 7) is 0.719. The van der Waals surface area contributed by atoms with Gasteiger partial charge in [-0.25, -0.2) is 9.97 Å². The van der Waals surface area contributed by atoms with Gasteiger partial charge in [-0.3, -0.25) is 9.36 Å². The van der Waals surface area contributed by atoms with Crippen molar-refractivity contribution in [2.75, 3.05) is 5.32 Å². The van der Waals surface area contributed by atoms with Crippen molar-refractivity contribution in [2.24, 2.45) is 0 Å². The molecule has 0 amide bonds. The Hall–Kier alpha value is -2.73. The zero-order valence-corrected chi connectivity index (χ0v) is 16.4. The fourth-order valence-corrected chi connectivity index (χ4v) is 5.18. The highest BCUT2D eigenvalue weighted by atomic mass is 32.1. The molecule has 0 aliphatic heterocycles. The first-order valence-corrected chi connectivity index (χ1v) is 10.7. The van der Waals surface area contributed by atoms with E-state index in [-0.39, 0.29) is 11.6 Å². The van der Waals surface area contributed by atoms with E-state index in [1.807, 2.05) is 28.8 Å². The number of anilines is 1. The highest BCUT2D eigenvalue weighted by molar-refractivity contribution is 7.25. The van der Waals surface area contributed by atoms with Gasteiger partial charge in [0.25, 0.3) is 5.56 Å². The Morgan fingerprint density at radius 2 is 1.89 bits per heavy atom. The van der Waals surface area contributed by atoms with E-state index in [2.05, 4.69) is 22.4 Å². The molecule has 142 valence electrons. The van der Waals surface area contributed by atoms with Gasteiger partial charge in [-0.2, -0.15) is 0 Å². The molecule has 1 saturated carbocycles. The van der Waals surface area contributed by atoms with Gasteiger partial charge in [0, 0.05) is 24.5 Å². The summed E-state index contributed by atoms with van der Waals surface area (Å²) in [4.78, 5) is 23.3. The van der Waals surface area contributed by atoms with Crippen LogP contribution < -0.4 is 10.9 Å². The first-order chi connectivity index (χ1) is 13.8. The van der Waals surface area contributed by atoms with Gasteiger partial charge in [0.2, 0.25) is 0 Å². The standard InChI is InChI=1S/C22H22N4OS/c27-22-20-19(25-14-26(22)16-9-5-2-6-10-16)18-17(11-12-23-21(18)28-20)24-13-15-7-3-1-4-8-15/h1,3-4,7-8,11-12,14,16H,2,5-6,9-10,13H2,(H,23,24). The SMILES string of the molecule is O=c1c2sc3nccc(NCc4ccccc4)c3c2ncn1C1CCCCC1. The van der Waals surface area contributed by atoms with Crippen LogP contribution in [0.5, 0.6) is 0 Å². The fourth-order valence-electron chi connectivity index (χ4n) is 4.12. The maximum Gasteiger partial charge on any atom is 0.271 e. The van der Waals surface area contributed by atoms with Crippen LogP contribution in [0.3, 0.4) is 0 Å². The minimum absolute atomic E-state index is 0.0777. The predicted octanol–water partition coefficient (Wildman–Crippen LogP) is 5.12. The molecule has 5 rings (SSSR count). The molecule has 4 aromatic rings. The largest absolute Gasteiger partial charge is 0.380 e. The van der Waals surface area contributed by atoms with E-state index < -0.39 is 0 Å². The Kier molecular flexibility index (Phi) is 4.56. The van der Waals surface area contributed by atoms with Gasteiger partial charge in [0.1, 0.15) is 9.53 Å². The number of rotatable bonds is 4. The maximum atomic E-state index is 13.2. The summed E-state index contributed by atoms with van der Waals surface area (Å²) in [5.41, 5.74) is 3.02. The number of aromatic nitrogens is 3. The van der Waals surface area contributed by atoms with Gasteiger partial charge >= 0.3 is 0 Å². The van der Waals surface area contributed by atoms with Gasteiger partial charge in [-0.05, 0) is 24.5 Å². The van der Waals surface area contributed by atoms with Crippen molar-refractivity contribution >= 4 is 37.5 Å². The Morgan fingerprint density at radius 1 is 1.07 bits per heavy atom. The topological polar surface area (TPSA) is 59.8 Å². The van der Waals surface area contributed by atoms with E-state index in [9.17, 15) is 4.79 Å². The molecule has 28 heavy (non-hydrogen) atoms. The van der Waals surface area contributed by atoms with Crippen LogP contribution in [-0.4, -0.2) is 14.5 Å². The van der Waals surface area contributed by atoms with E-state index in [1.165, 1.54) is 36.2 Å². The van der Waals surface area contributed by atoms with Crippen molar-refractivity contribution in [1.82, 2.24) is 14.5 Å². The van der Waals surface area contributed by atoms with Gasteiger partial charge < -0.3 is 5.32 Å². The fraction of sp³-hybridized carbons (Fsp3) is 0.318. The summed E-state index contributed by atoms with van der Waals surface area (Å²) < 4.78 is 2.57.